The van der Waals surface area contributed by atoms with Gasteiger partial charge in [0.2, 0.25) is 0 Å². The Morgan fingerprint density at radius 1 is 1.36 bits per heavy atom. The van der Waals surface area contributed by atoms with Crippen LogP contribution in [0, 0.1) is 0 Å². The molecule has 4 nitrogen and oxygen atoms in total. The lowest BCUT2D eigenvalue weighted by Crippen LogP contribution is -2.07. The van der Waals surface area contributed by atoms with Crippen LogP contribution >= 0.6 is 0 Å². The number of aromatic nitrogens is 2. The summed E-state index contributed by atoms with van der Waals surface area (Å²) in [6, 6.07) is 3.88. The minimum Gasteiger partial charge on any atom is -0.377 e. The second kappa shape index (κ2) is 4.30. The monoisotopic (exact) mass is 191 g/mol. The molecule has 2 rings (SSSR count). The molecule has 0 saturated carbocycles. The van der Waals surface area contributed by atoms with E-state index in [9.17, 15) is 0 Å². The number of nitrogens with two attached hydrogens (primary N) is 1. The highest BCUT2D eigenvalue weighted by molar-refractivity contribution is 5.62. The third-order valence-electron chi connectivity index (χ3n) is 2.22. The van der Waals surface area contributed by atoms with Gasteiger partial charge >= 0.3 is 0 Å². The van der Waals surface area contributed by atoms with Crippen molar-refractivity contribution >= 4 is 5.57 Å². The van der Waals surface area contributed by atoms with E-state index in [1.807, 2.05) is 12.1 Å². The first kappa shape index (κ1) is 9.30. The largest absolute Gasteiger partial charge is 0.377 e. The van der Waals surface area contributed by atoms with Gasteiger partial charge in [-0.05, 0) is 24.1 Å². The molecule has 14 heavy (non-hydrogen) atoms. The molecule has 1 aliphatic heterocycles. The summed E-state index contributed by atoms with van der Waals surface area (Å²) in [5.74, 6) is 0. The van der Waals surface area contributed by atoms with Crippen LogP contribution in [0.25, 0.3) is 5.57 Å². The van der Waals surface area contributed by atoms with Gasteiger partial charge in [-0.1, -0.05) is 6.08 Å². The normalized spacial score (nSPS) is 16.5. The first-order chi connectivity index (χ1) is 6.90. The Kier molecular flexibility index (Phi) is 2.86. The summed E-state index contributed by atoms with van der Waals surface area (Å²) in [6.07, 6.45) is 2.96. The Morgan fingerprint density at radius 2 is 2.29 bits per heavy atom. The Morgan fingerprint density at radius 3 is 2.86 bits per heavy atom. The van der Waals surface area contributed by atoms with E-state index in [0.717, 1.165) is 24.4 Å². The standard InChI is InChI=1S/C10H13N3O/c11-7-9-1-2-10(13-12-9)8-3-5-14-6-4-8/h1-3H,4-7,11H2. The highest BCUT2D eigenvalue weighted by Gasteiger charge is 2.07. The minimum absolute atomic E-state index is 0.440. The Hall–Kier alpha value is -1.26. The first-order valence-corrected chi connectivity index (χ1v) is 4.70. The van der Waals surface area contributed by atoms with Gasteiger partial charge in [0, 0.05) is 6.54 Å². The van der Waals surface area contributed by atoms with Crippen molar-refractivity contribution in [3.63, 3.8) is 0 Å². The zero-order chi connectivity index (χ0) is 9.80. The molecule has 0 radical (unpaired) electrons. The van der Waals surface area contributed by atoms with Crippen LogP contribution in [0.2, 0.25) is 0 Å². The topological polar surface area (TPSA) is 61.0 Å². The third kappa shape index (κ3) is 1.97. The lowest BCUT2D eigenvalue weighted by atomic mass is 10.1. The third-order valence-corrected chi connectivity index (χ3v) is 2.22. The maximum absolute atomic E-state index is 5.44. The van der Waals surface area contributed by atoms with Crippen LogP contribution in [0.5, 0.6) is 0 Å². The fourth-order valence-corrected chi connectivity index (χ4v) is 1.40. The molecule has 0 spiro atoms. The van der Waals surface area contributed by atoms with E-state index in [1.165, 1.54) is 5.57 Å². The highest BCUT2D eigenvalue weighted by atomic mass is 16.5. The number of rotatable bonds is 2. The molecular formula is C10H13N3O. The van der Waals surface area contributed by atoms with Crippen LogP contribution < -0.4 is 5.73 Å². The van der Waals surface area contributed by atoms with E-state index >= 15 is 0 Å². The van der Waals surface area contributed by atoms with Crippen molar-refractivity contribution in [2.45, 2.75) is 13.0 Å². The average Bonchev–Trinajstić information content (AvgIpc) is 2.30. The van der Waals surface area contributed by atoms with Crippen molar-refractivity contribution in [2.24, 2.45) is 5.73 Å². The van der Waals surface area contributed by atoms with Crippen LogP contribution in [0.15, 0.2) is 18.2 Å². The summed E-state index contributed by atoms with van der Waals surface area (Å²) in [7, 11) is 0. The molecule has 1 aliphatic rings. The Balaban J connectivity index is 2.19. The van der Waals surface area contributed by atoms with Gasteiger partial charge in [-0.25, -0.2) is 0 Å². The van der Waals surface area contributed by atoms with Crippen molar-refractivity contribution in [1.29, 1.82) is 0 Å². The Labute approximate surface area is 82.8 Å². The van der Waals surface area contributed by atoms with Crippen LogP contribution in [0.4, 0.5) is 0 Å². The maximum Gasteiger partial charge on any atom is 0.0888 e. The van der Waals surface area contributed by atoms with Crippen molar-refractivity contribution in [2.75, 3.05) is 13.2 Å². The lowest BCUT2D eigenvalue weighted by Gasteiger charge is -2.12. The molecule has 0 amide bonds. The molecule has 0 unspecified atom stereocenters. The average molecular weight is 191 g/mol. The molecule has 74 valence electrons. The SMILES string of the molecule is NCc1ccc(C2=CCOCC2)nn1. The van der Waals surface area contributed by atoms with Crippen LogP contribution in [0.1, 0.15) is 17.8 Å². The zero-order valence-electron chi connectivity index (χ0n) is 7.94. The van der Waals surface area contributed by atoms with Gasteiger partial charge in [0.05, 0.1) is 24.6 Å². The second-order valence-corrected chi connectivity index (χ2v) is 3.17. The van der Waals surface area contributed by atoms with E-state index < -0.39 is 0 Å². The number of ether oxygens (including phenoxy) is 1. The van der Waals surface area contributed by atoms with E-state index in [4.69, 9.17) is 10.5 Å². The number of hydrogen-bond acceptors (Lipinski definition) is 4. The zero-order valence-corrected chi connectivity index (χ0v) is 7.94. The summed E-state index contributed by atoms with van der Waals surface area (Å²) >= 11 is 0. The number of nitrogens with zero attached hydrogens (tertiary/aromatic N) is 2. The summed E-state index contributed by atoms with van der Waals surface area (Å²) in [6.45, 7) is 1.89. The van der Waals surface area contributed by atoms with Gasteiger partial charge in [-0.3, -0.25) is 0 Å². The van der Waals surface area contributed by atoms with Gasteiger partial charge < -0.3 is 10.5 Å². The molecule has 0 atom stereocenters. The van der Waals surface area contributed by atoms with Crippen molar-refractivity contribution in [1.82, 2.24) is 10.2 Å². The van der Waals surface area contributed by atoms with E-state index in [-0.39, 0.29) is 0 Å². The van der Waals surface area contributed by atoms with Gasteiger partial charge in [0.15, 0.2) is 0 Å². The second-order valence-electron chi connectivity index (χ2n) is 3.17. The predicted octanol–water partition coefficient (Wildman–Crippen LogP) is 0.739. The van der Waals surface area contributed by atoms with Crippen molar-refractivity contribution in [3.8, 4) is 0 Å². The minimum atomic E-state index is 0.440. The quantitative estimate of drug-likeness (QED) is 0.749. The summed E-state index contributed by atoms with van der Waals surface area (Å²) in [4.78, 5) is 0. The first-order valence-electron chi connectivity index (χ1n) is 4.70. The summed E-state index contributed by atoms with van der Waals surface area (Å²) in [5, 5.41) is 8.14. The molecule has 0 aromatic carbocycles. The molecule has 0 fully saturated rings. The van der Waals surface area contributed by atoms with E-state index in [1.54, 1.807) is 0 Å². The van der Waals surface area contributed by atoms with Gasteiger partial charge in [0.25, 0.3) is 0 Å². The molecule has 2 heterocycles. The molecule has 4 heteroatoms. The smallest absolute Gasteiger partial charge is 0.0888 e. The predicted molar refractivity (Wildman–Crippen MR) is 53.3 cm³/mol. The summed E-state index contributed by atoms with van der Waals surface area (Å²) < 4.78 is 5.22. The number of hydrogen-bond donors (Lipinski definition) is 1. The Bertz CT molecular complexity index is 332. The van der Waals surface area contributed by atoms with Crippen molar-refractivity contribution in [3.05, 3.63) is 29.6 Å². The van der Waals surface area contributed by atoms with Gasteiger partial charge in [-0.15, -0.1) is 0 Å². The van der Waals surface area contributed by atoms with Crippen LogP contribution in [-0.2, 0) is 11.3 Å². The van der Waals surface area contributed by atoms with Crippen LogP contribution in [0.3, 0.4) is 0 Å². The maximum atomic E-state index is 5.44. The molecule has 1 aromatic heterocycles. The van der Waals surface area contributed by atoms with Crippen LogP contribution in [-0.4, -0.2) is 23.4 Å². The molecule has 0 aliphatic carbocycles. The molecule has 1 aromatic rings. The molecular weight excluding hydrogens is 178 g/mol. The molecule has 2 N–H and O–H groups in total. The molecule has 0 saturated heterocycles. The van der Waals surface area contributed by atoms with E-state index in [2.05, 4.69) is 16.3 Å². The fourth-order valence-electron chi connectivity index (χ4n) is 1.40. The lowest BCUT2D eigenvalue weighted by molar-refractivity contribution is 0.161. The highest BCUT2D eigenvalue weighted by Crippen LogP contribution is 2.18. The van der Waals surface area contributed by atoms with E-state index in [0.29, 0.717) is 13.2 Å². The summed E-state index contributed by atoms with van der Waals surface area (Å²) in [5.41, 5.74) is 8.41. The fraction of sp³-hybridized carbons (Fsp3) is 0.400. The van der Waals surface area contributed by atoms with Crippen molar-refractivity contribution < 1.29 is 4.74 Å². The van der Waals surface area contributed by atoms with Gasteiger partial charge in [-0.2, -0.15) is 10.2 Å². The van der Waals surface area contributed by atoms with Gasteiger partial charge in [0.1, 0.15) is 0 Å². The molecule has 0 bridgehead atoms.